The average Bonchev–Trinajstić information content (AvgIpc) is 3.18. The Balaban J connectivity index is 1.60. The van der Waals surface area contributed by atoms with Gasteiger partial charge in [0, 0.05) is 18.7 Å². The number of H-pyrrole nitrogens is 1. The molecule has 5 heteroatoms. The normalized spacial score (nSPS) is 18.1. The Labute approximate surface area is 117 Å². The van der Waals surface area contributed by atoms with Crippen molar-refractivity contribution in [3.63, 3.8) is 0 Å². The SMILES string of the molecule is O=C(NC[C@@H]1CCCO1)c1ccc(-c2cnc[nH]2)cc1. The molecule has 1 atom stereocenters. The minimum atomic E-state index is -0.0586. The first-order chi connectivity index (χ1) is 9.83. The van der Waals surface area contributed by atoms with E-state index in [4.69, 9.17) is 4.74 Å². The van der Waals surface area contributed by atoms with Gasteiger partial charge in [-0.25, -0.2) is 4.98 Å². The van der Waals surface area contributed by atoms with Crippen molar-refractivity contribution in [1.82, 2.24) is 15.3 Å². The van der Waals surface area contributed by atoms with Gasteiger partial charge in [0.2, 0.25) is 0 Å². The molecule has 1 aromatic heterocycles. The van der Waals surface area contributed by atoms with Crippen molar-refractivity contribution in [3.8, 4) is 11.3 Å². The van der Waals surface area contributed by atoms with Crippen molar-refractivity contribution < 1.29 is 9.53 Å². The van der Waals surface area contributed by atoms with E-state index in [-0.39, 0.29) is 12.0 Å². The minimum absolute atomic E-state index is 0.0586. The summed E-state index contributed by atoms with van der Waals surface area (Å²) in [4.78, 5) is 19.0. The first-order valence-electron chi connectivity index (χ1n) is 6.81. The van der Waals surface area contributed by atoms with Gasteiger partial charge in [-0.2, -0.15) is 0 Å². The van der Waals surface area contributed by atoms with E-state index in [1.807, 2.05) is 24.3 Å². The number of nitrogens with zero attached hydrogens (tertiary/aromatic N) is 1. The second-order valence-electron chi connectivity index (χ2n) is 4.89. The van der Waals surface area contributed by atoms with Crippen molar-refractivity contribution in [2.75, 3.05) is 13.2 Å². The summed E-state index contributed by atoms with van der Waals surface area (Å²) in [7, 11) is 0. The Hall–Kier alpha value is -2.14. The Morgan fingerprint density at radius 1 is 1.40 bits per heavy atom. The van der Waals surface area contributed by atoms with E-state index < -0.39 is 0 Å². The number of aromatic nitrogens is 2. The predicted molar refractivity (Wildman–Crippen MR) is 75.3 cm³/mol. The highest BCUT2D eigenvalue weighted by atomic mass is 16.5. The van der Waals surface area contributed by atoms with E-state index in [1.165, 1.54) is 0 Å². The van der Waals surface area contributed by atoms with Crippen LogP contribution in [0, 0.1) is 0 Å². The molecule has 1 aliphatic rings. The molecule has 1 aliphatic heterocycles. The number of ether oxygens (including phenoxy) is 1. The molecule has 0 bridgehead atoms. The lowest BCUT2D eigenvalue weighted by molar-refractivity contribution is 0.0858. The zero-order valence-corrected chi connectivity index (χ0v) is 11.1. The number of rotatable bonds is 4. The number of nitrogens with one attached hydrogen (secondary N) is 2. The van der Waals surface area contributed by atoms with Crippen LogP contribution in [-0.2, 0) is 4.74 Å². The molecule has 2 N–H and O–H groups in total. The van der Waals surface area contributed by atoms with Gasteiger partial charge in [-0.15, -0.1) is 0 Å². The van der Waals surface area contributed by atoms with Gasteiger partial charge in [-0.3, -0.25) is 4.79 Å². The van der Waals surface area contributed by atoms with Crippen molar-refractivity contribution >= 4 is 5.91 Å². The van der Waals surface area contributed by atoms with Crippen molar-refractivity contribution in [3.05, 3.63) is 42.4 Å². The molecule has 0 aliphatic carbocycles. The van der Waals surface area contributed by atoms with Crippen LogP contribution in [0.1, 0.15) is 23.2 Å². The molecular weight excluding hydrogens is 254 g/mol. The molecule has 2 aromatic rings. The van der Waals surface area contributed by atoms with Gasteiger partial charge < -0.3 is 15.0 Å². The van der Waals surface area contributed by atoms with E-state index in [2.05, 4.69) is 15.3 Å². The fourth-order valence-electron chi connectivity index (χ4n) is 2.33. The molecule has 5 nitrogen and oxygen atoms in total. The van der Waals surface area contributed by atoms with E-state index >= 15 is 0 Å². The number of amides is 1. The van der Waals surface area contributed by atoms with E-state index in [0.717, 1.165) is 30.7 Å². The van der Waals surface area contributed by atoms with E-state index in [1.54, 1.807) is 12.5 Å². The van der Waals surface area contributed by atoms with Gasteiger partial charge >= 0.3 is 0 Å². The van der Waals surface area contributed by atoms with Crippen LogP contribution in [0.4, 0.5) is 0 Å². The molecule has 1 amide bonds. The number of hydrogen-bond donors (Lipinski definition) is 2. The average molecular weight is 271 g/mol. The Morgan fingerprint density at radius 2 is 2.25 bits per heavy atom. The number of hydrogen-bond acceptors (Lipinski definition) is 3. The standard InChI is InChI=1S/C15H17N3O2/c19-15(17-8-13-2-1-7-20-13)12-5-3-11(4-6-12)14-9-16-10-18-14/h3-6,9-10,13H,1-2,7-8H2,(H,16,18)(H,17,19)/t13-/m0/s1. The molecule has 0 radical (unpaired) electrons. The number of aromatic amines is 1. The fraction of sp³-hybridized carbons (Fsp3) is 0.333. The molecule has 20 heavy (non-hydrogen) atoms. The second-order valence-corrected chi connectivity index (χ2v) is 4.89. The maximum absolute atomic E-state index is 12.0. The van der Waals surface area contributed by atoms with Gasteiger partial charge in [0.25, 0.3) is 5.91 Å². The third-order valence-corrected chi connectivity index (χ3v) is 3.47. The van der Waals surface area contributed by atoms with Gasteiger partial charge in [-0.05, 0) is 30.5 Å². The molecule has 1 aromatic carbocycles. The third kappa shape index (κ3) is 2.88. The fourth-order valence-corrected chi connectivity index (χ4v) is 2.33. The molecule has 0 spiro atoms. The highest BCUT2D eigenvalue weighted by molar-refractivity contribution is 5.94. The van der Waals surface area contributed by atoms with Crippen LogP contribution in [0.3, 0.4) is 0 Å². The molecule has 0 saturated carbocycles. The van der Waals surface area contributed by atoms with Crippen LogP contribution in [-0.4, -0.2) is 35.1 Å². The van der Waals surface area contributed by atoms with Crippen LogP contribution >= 0.6 is 0 Å². The first-order valence-corrected chi connectivity index (χ1v) is 6.81. The molecule has 0 unspecified atom stereocenters. The van der Waals surface area contributed by atoms with E-state index in [0.29, 0.717) is 12.1 Å². The summed E-state index contributed by atoms with van der Waals surface area (Å²) in [6.07, 6.45) is 5.67. The van der Waals surface area contributed by atoms with Gasteiger partial charge in [0.05, 0.1) is 24.3 Å². The summed E-state index contributed by atoms with van der Waals surface area (Å²) in [5.41, 5.74) is 2.61. The highest BCUT2D eigenvalue weighted by Crippen LogP contribution is 2.16. The number of imidazole rings is 1. The largest absolute Gasteiger partial charge is 0.376 e. The zero-order valence-electron chi connectivity index (χ0n) is 11.1. The lowest BCUT2D eigenvalue weighted by Gasteiger charge is -2.10. The summed E-state index contributed by atoms with van der Waals surface area (Å²) in [5, 5.41) is 2.91. The Kier molecular flexibility index (Phi) is 3.78. The topological polar surface area (TPSA) is 67.0 Å². The monoisotopic (exact) mass is 271 g/mol. The van der Waals surface area contributed by atoms with E-state index in [9.17, 15) is 4.79 Å². The van der Waals surface area contributed by atoms with Gasteiger partial charge in [0.15, 0.2) is 0 Å². The van der Waals surface area contributed by atoms with Gasteiger partial charge in [0.1, 0.15) is 0 Å². The maximum Gasteiger partial charge on any atom is 0.251 e. The molecule has 1 fully saturated rings. The summed E-state index contributed by atoms with van der Waals surface area (Å²) in [5.74, 6) is -0.0586. The van der Waals surface area contributed by atoms with Crippen molar-refractivity contribution in [1.29, 1.82) is 0 Å². The Morgan fingerprint density at radius 3 is 2.90 bits per heavy atom. The van der Waals surface area contributed by atoms with Crippen molar-refractivity contribution in [2.45, 2.75) is 18.9 Å². The summed E-state index contributed by atoms with van der Waals surface area (Å²) < 4.78 is 5.48. The minimum Gasteiger partial charge on any atom is -0.376 e. The maximum atomic E-state index is 12.0. The predicted octanol–water partition coefficient (Wildman–Crippen LogP) is 1.99. The molecule has 104 valence electrons. The van der Waals surface area contributed by atoms with Crippen LogP contribution in [0.5, 0.6) is 0 Å². The number of carbonyl (C=O) groups is 1. The number of benzene rings is 1. The first kappa shape index (κ1) is 12.9. The second kappa shape index (κ2) is 5.88. The molecule has 1 saturated heterocycles. The lowest BCUT2D eigenvalue weighted by atomic mass is 10.1. The smallest absolute Gasteiger partial charge is 0.251 e. The number of carbonyl (C=O) groups excluding carboxylic acids is 1. The van der Waals surface area contributed by atoms with Crippen molar-refractivity contribution in [2.24, 2.45) is 0 Å². The molecule has 3 rings (SSSR count). The molecule has 2 heterocycles. The Bertz CT molecular complexity index is 557. The third-order valence-electron chi connectivity index (χ3n) is 3.47. The lowest BCUT2D eigenvalue weighted by Crippen LogP contribution is -2.31. The summed E-state index contributed by atoms with van der Waals surface area (Å²) >= 11 is 0. The molecular formula is C15H17N3O2. The van der Waals surface area contributed by atoms with Gasteiger partial charge in [-0.1, -0.05) is 12.1 Å². The summed E-state index contributed by atoms with van der Waals surface area (Å²) in [6.45, 7) is 1.39. The van der Waals surface area contributed by atoms with Crippen LogP contribution in [0.25, 0.3) is 11.3 Å². The van der Waals surface area contributed by atoms with Crippen LogP contribution < -0.4 is 5.32 Å². The quantitative estimate of drug-likeness (QED) is 0.893. The summed E-state index contributed by atoms with van der Waals surface area (Å²) in [6, 6.07) is 7.46. The zero-order chi connectivity index (χ0) is 13.8. The van der Waals surface area contributed by atoms with Crippen LogP contribution in [0.2, 0.25) is 0 Å². The van der Waals surface area contributed by atoms with Crippen LogP contribution in [0.15, 0.2) is 36.8 Å². The highest BCUT2D eigenvalue weighted by Gasteiger charge is 2.16.